The zero-order valence-corrected chi connectivity index (χ0v) is 18.1. The number of nitrogens with one attached hydrogen (secondary N) is 2. The zero-order chi connectivity index (χ0) is 21.7. The van der Waals surface area contributed by atoms with Crippen LogP contribution in [-0.4, -0.2) is 58.1 Å². The molecule has 1 heterocycles. The Morgan fingerprint density at radius 2 is 1.87 bits per heavy atom. The Labute approximate surface area is 178 Å². The van der Waals surface area contributed by atoms with Gasteiger partial charge in [-0.2, -0.15) is 0 Å². The molecule has 0 radical (unpaired) electrons. The maximum Gasteiger partial charge on any atom is 0.313 e. The topological polar surface area (TPSA) is 73.9 Å². The normalized spacial score (nSPS) is 14.1. The minimum absolute atomic E-state index is 0.0275. The molecular weight excluding hydrogens is 380 g/mol. The van der Waals surface area contributed by atoms with Gasteiger partial charge in [0, 0.05) is 31.5 Å². The van der Waals surface area contributed by atoms with Crippen LogP contribution in [0.5, 0.6) is 5.75 Å². The minimum atomic E-state index is -0.690. The second-order valence-corrected chi connectivity index (χ2v) is 7.79. The van der Waals surface area contributed by atoms with E-state index in [2.05, 4.69) is 45.7 Å². The van der Waals surface area contributed by atoms with Gasteiger partial charge in [-0.05, 0) is 68.4 Å². The monoisotopic (exact) mass is 410 g/mol. The number of carbonyl (C=O) groups excluding carboxylic acids is 2. The Balaban J connectivity index is 1.62. The molecule has 2 aromatic rings. The number of fused-ring (bicyclic) bond motifs is 1. The van der Waals surface area contributed by atoms with Crippen molar-refractivity contribution in [3.63, 3.8) is 0 Å². The zero-order valence-electron chi connectivity index (χ0n) is 18.1. The number of methoxy groups -OCH3 is 1. The maximum atomic E-state index is 12.3. The number of ether oxygens (including phenoxy) is 1. The second kappa shape index (κ2) is 9.63. The summed E-state index contributed by atoms with van der Waals surface area (Å²) in [5.74, 6) is -0.664. The smallest absolute Gasteiger partial charge is 0.313 e. The number of amides is 2. The fourth-order valence-corrected chi connectivity index (χ4v) is 3.74. The average Bonchev–Trinajstić information content (AvgIpc) is 2.74. The summed E-state index contributed by atoms with van der Waals surface area (Å²) in [7, 11) is 7.63. The number of hydrogen-bond acceptors (Lipinski definition) is 5. The molecule has 160 valence electrons. The van der Waals surface area contributed by atoms with Gasteiger partial charge in [0.2, 0.25) is 0 Å². The Bertz CT molecular complexity index is 896. The number of aryl methyl sites for hydroxylation is 1. The standard InChI is InChI=1S/C23H30N4O3/c1-26(2)21(17-7-12-20-16(14-17)6-5-13-27(20)3)15-24-22(28)23(29)25-18-8-10-19(30-4)11-9-18/h7-12,14,21H,5-6,13,15H2,1-4H3,(H,24,28)(H,25,29)/t21-/m1/s1. The summed E-state index contributed by atoms with van der Waals surface area (Å²) < 4.78 is 5.09. The Kier molecular flexibility index (Phi) is 6.95. The van der Waals surface area contributed by atoms with Crippen LogP contribution in [0.25, 0.3) is 0 Å². The first-order valence-electron chi connectivity index (χ1n) is 10.1. The van der Waals surface area contributed by atoms with Crippen molar-refractivity contribution in [3.05, 3.63) is 53.6 Å². The number of likely N-dealkylation sites (N-methyl/N-ethyl adjacent to an activating group) is 1. The van der Waals surface area contributed by atoms with E-state index in [0.29, 0.717) is 18.0 Å². The van der Waals surface area contributed by atoms with Gasteiger partial charge < -0.3 is 25.2 Å². The molecule has 7 nitrogen and oxygen atoms in total. The van der Waals surface area contributed by atoms with E-state index < -0.39 is 11.8 Å². The van der Waals surface area contributed by atoms with Crippen molar-refractivity contribution in [2.45, 2.75) is 18.9 Å². The van der Waals surface area contributed by atoms with Crippen molar-refractivity contribution >= 4 is 23.2 Å². The van der Waals surface area contributed by atoms with Gasteiger partial charge in [0.25, 0.3) is 0 Å². The number of rotatable bonds is 6. The molecule has 0 saturated heterocycles. The number of nitrogens with zero attached hydrogens (tertiary/aromatic N) is 2. The van der Waals surface area contributed by atoms with Crippen LogP contribution < -0.4 is 20.3 Å². The highest BCUT2D eigenvalue weighted by atomic mass is 16.5. The van der Waals surface area contributed by atoms with E-state index in [0.717, 1.165) is 24.9 Å². The van der Waals surface area contributed by atoms with Gasteiger partial charge in [-0.1, -0.05) is 12.1 Å². The van der Waals surface area contributed by atoms with Gasteiger partial charge in [0.05, 0.1) is 13.2 Å². The van der Waals surface area contributed by atoms with Crippen LogP contribution >= 0.6 is 0 Å². The highest BCUT2D eigenvalue weighted by Gasteiger charge is 2.21. The molecular formula is C23H30N4O3. The van der Waals surface area contributed by atoms with Crippen LogP contribution in [0.15, 0.2) is 42.5 Å². The van der Waals surface area contributed by atoms with E-state index >= 15 is 0 Å². The van der Waals surface area contributed by atoms with Gasteiger partial charge in [0.15, 0.2) is 0 Å². The molecule has 0 fully saturated rings. The Morgan fingerprint density at radius 3 is 2.53 bits per heavy atom. The molecule has 0 unspecified atom stereocenters. The van der Waals surface area contributed by atoms with Crippen molar-refractivity contribution in [3.8, 4) is 5.75 Å². The third kappa shape index (κ3) is 5.10. The molecule has 30 heavy (non-hydrogen) atoms. The van der Waals surface area contributed by atoms with E-state index in [1.807, 2.05) is 14.1 Å². The van der Waals surface area contributed by atoms with Crippen LogP contribution in [-0.2, 0) is 16.0 Å². The van der Waals surface area contributed by atoms with Crippen molar-refractivity contribution in [1.29, 1.82) is 0 Å². The number of anilines is 2. The van der Waals surface area contributed by atoms with Gasteiger partial charge in [-0.25, -0.2) is 0 Å². The van der Waals surface area contributed by atoms with E-state index in [4.69, 9.17) is 4.74 Å². The lowest BCUT2D eigenvalue weighted by Gasteiger charge is -2.30. The molecule has 7 heteroatoms. The summed E-state index contributed by atoms with van der Waals surface area (Å²) in [5, 5.41) is 5.37. The molecule has 2 aromatic carbocycles. The SMILES string of the molecule is COc1ccc(NC(=O)C(=O)NC[C@H](c2ccc3c(c2)CCCN3C)N(C)C)cc1. The molecule has 3 rings (SSSR count). The first kappa shape index (κ1) is 21.6. The van der Waals surface area contributed by atoms with Crippen LogP contribution in [0.1, 0.15) is 23.6 Å². The molecule has 0 aliphatic carbocycles. The second-order valence-electron chi connectivity index (χ2n) is 7.79. The summed E-state index contributed by atoms with van der Waals surface area (Å²) in [6.45, 7) is 1.42. The van der Waals surface area contributed by atoms with Crippen molar-refractivity contribution < 1.29 is 14.3 Å². The Hall–Kier alpha value is -3.06. The summed E-state index contributed by atoms with van der Waals surface area (Å²) in [5.41, 5.74) is 4.27. The van der Waals surface area contributed by atoms with Crippen molar-refractivity contribution in [1.82, 2.24) is 10.2 Å². The average molecular weight is 411 g/mol. The van der Waals surface area contributed by atoms with Crippen molar-refractivity contribution in [2.24, 2.45) is 0 Å². The highest BCUT2D eigenvalue weighted by Crippen LogP contribution is 2.29. The van der Waals surface area contributed by atoms with E-state index in [1.165, 1.54) is 11.3 Å². The number of carbonyl (C=O) groups is 2. The van der Waals surface area contributed by atoms with Crippen LogP contribution in [0.4, 0.5) is 11.4 Å². The quantitative estimate of drug-likeness (QED) is 0.716. The summed E-state index contributed by atoms with van der Waals surface area (Å²) in [6, 6.07) is 13.3. The summed E-state index contributed by atoms with van der Waals surface area (Å²) in [6.07, 6.45) is 2.20. The molecule has 1 atom stereocenters. The fourth-order valence-electron chi connectivity index (χ4n) is 3.74. The summed E-state index contributed by atoms with van der Waals surface area (Å²) >= 11 is 0. The molecule has 2 N–H and O–H groups in total. The lowest BCUT2D eigenvalue weighted by molar-refractivity contribution is -0.136. The third-order valence-corrected chi connectivity index (χ3v) is 5.47. The van der Waals surface area contributed by atoms with Crippen LogP contribution in [0.2, 0.25) is 0 Å². The van der Waals surface area contributed by atoms with E-state index in [9.17, 15) is 9.59 Å². The first-order chi connectivity index (χ1) is 14.4. The first-order valence-corrected chi connectivity index (χ1v) is 10.1. The lowest BCUT2D eigenvalue weighted by Crippen LogP contribution is -2.40. The molecule has 2 amide bonds. The maximum absolute atomic E-state index is 12.3. The minimum Gasteiger partial charge on any atom is -0.497 e. The lowest BCUT2D eigenvalue weighted by atomic mass is 9.96. The Morgan fingerprint density at radius 1 is 1.13 bits per heavy atom. The fraction of sp³-hybridized carbons (Fsp3) is 0.391. The molecule has 0 bridgehead atoms. The molecule has 0 saturated carbocycles. The summed E-state index contributed by atoms with van der Waals surface area (Å²) in [4.78, 5) is 28.9. The molecule has 1 aliphatic rings. The largest absolute Gasteiger partial charge is 0.497 e. The van der Waals surface area contributed by atoms with Gasteiger partial charge in [-0.3, -0.25) is 9.59 Å². The number of hydrogen-bond donors (Lipinski definition) is 2. The highest BCUT2D eigenvalue weighted by molar-refractivity contribution is 6.39. The molecule has 1 aliphatic heterocycles. The predicted octanol–water partition coefficient (Wildman–Crippen LogP) is 2.44. The van der Waals surface area contributed by atoms with Crippen LogP contribution in [0, 0.1) is 0 Å². The van der Waals surface area contributed by atoms with Gasteiger partial charge in [-0.15, -0.1) is 0 Å². The molecule has 0 aromatic heterocycles. The molecule has 0 spiro atoms. The van der Waals surface area contributed by atoms with Gasteiger partial charge in [0.1, 0.15) is 5.75 Å². The third-order valence-electron chi connectivity index (χ3n) is 5.47. The van der Waals surface area contributed by atoms with E-state index in [1.54, 1.807) is 31.4 Å². The van der Waals surface area contributed by atoms with Crippen LogP contribution in [0.3, 0.4) is 0 Å². The van der Waals surface area contributed by atoms with E-state index in [-0.39, 0.29) is 6.04 Å². The predicted molar refractivity (Wildman–Crippen MR) is 119 cm³/mol. The number of benzene rings is 2. The van der Waals surface area contributed by atoms with Gasteiger partial charge >= 0.3 is 11.8 Å². The van der Waals surface area contributed by atoms with Crippen molar-refractivity contribution in [2.75, 3.05) is 51.6 Å².